The molecule has 2 rings (SSSR count). The lowest BCUT2D eigenvalue weighted by Crippen LogP contribution is -2.04. The summed E-state index contributed by atoms with van der Waals surface area (Å²) in [4.78, 5) is 4.39. The Balaban J connectivity index is 2.10. The minimum atomic E-state index is -0.273. The van der Waals surface area contributed by atoms with Gasteiger partial charge in [0.2, 0.25) is 0 Å². The summed E-state index contributed by atoms with van der Waals surface area (Å²) in [7, 11) is 0. The molecule has 1 aromatic carbocycles. The summed E-state index contributed by atoms with van der Waals surface area (Å²) < 4.78 is 15.9. The summed E-state index contributed by atoms with van der Waals surface area (Å²) in [6.45, 7) is 2.74. The topological polar surface area (TPSA) is 17.8 Å². The number of imidazole rings is 1. The molecule has 0 bridgehead atoms. The first-order valence-corrected chi connectivity index (χ1v) is 9.26. The third kappa shape index (κ3) is 4.13. The third-order valence-electron chi connectivity index (χ3n) is 3.60. The standard InChI is InChI=1S/C16H22ClFN2S/c1-12(17)16-19-15-13(18)8-7-9-14(15)20(16)10-5-3-4-6-11-21-2/h7-9,12H,3-6,10-11H2,1-2H3. The first-order valence-electron chi connectivity index (χ1n) is 7.42. The van der Waals surface area contributed by atoms with Gasteiger partial charge >= 0.3 is 0 Å². The number of aryl methyl sites for hydroxylation is 1. The van der Waals surface area contributed by atoms with Gasteiger partial charge in [0.15, 0.2) is 5.82 Å². The fourth-order valence-corrected chi connectivity index (χ4v) is 3.20. The third-order valence-corrected chi connectivity index (χ3v) is 4.49. The second kappa shape index (κ2) is 8.04. The molecule has 0 aliphatic heterocycles. The predicted octanol–water partition coefficient (Wildman–Crippen LogP) is 5.40. The van der Waals surface area contributed by atoms with Gasteiger partial charge in [0, 0.05) is 6.54 Å². The van der Waals surface area contributed by atoms with Crippen LogP contribution < -0.4 is 0 Å². The lowest BCUT2D eigenvalue weighted by Gasteiger charge is -2.10. The smallest absolute Gasteiger partial charge is 0.151 e. The number of benzene rings is 1. The van der Waals surface area contributed by atoms with Gasteiger partial charge in [-0.1, -0.05) is 18.9 Å². The molecule has 1 aromatic heterocycles. The van der Waals surface area contributed by atoms with E-state index in [4.69, 9.17) is 11.6 Å². The summed E-state index contributed by atoms with van der Waals surface area (Å²) in [6.07, 6.45) is 6.91. The molecular formula is C16H22ClFN2S. The Labute approximate surface area is 135 Å². The molecule has 1 heterocycles. The number of fused-ring (bicyclic) bond motifs is 1. The van der Waals surface area contributed by atoms with E-state index < -0.39 is 0 Å². The van der Waals surface area contributed by atoms with Crippen molar-refractivity contribution in [1.29, 1.82) is 0 Å². The summed E-state index contributed by atoms with van der Waals surface area (Å²) in [5.41, 5.74) is 1.28. The molecule has 1 atom stereocenters. The molecule has 21 heavy (non-hydrogen) atoms. The van der Waals surface area contributed by atoms with Crippen molar-refractivity contribution in [1.82, 2.24) is 9.55 Å². The lowest BCUT2D eigenvalue weighted by molar-refractivity contribution is 0.575. The molecule has 0 saturated carbocycles. The van der Waals surface area contributed by atoms with Gasteiger partial charge in [0.1, 0.15) is 11.3 Å². The van der Waals surface area contributed by atoms with Crippen LogP contribution in [0, 0.1) is 5.82 Å². The van der Waals surface area contributed by atoms with Crippen LogP contribution >= 0.6 is 23.4 Å². The van der Waals surface area contributed by atoms with Gasteiger partial charge < -0.3 is 4.57 Å². The molecule has 0 fully saturated rings. The molecule has 0 radical (unpaired) electrons. The van der Waals surface area contributed by atoms with E-state index in [1.54, 1.807) is 6.07 Å². The molecule has 0 saturated heterocycles. The number of nitrogens with zero attached hydrogens (tertiary/aromatic N) is 2. The first kappa shape index (κ1) is 16.6. The number of unbranched alkanes of at least 4 members (excludes halogenated alkanes) is 3. The minimum absolute atomic E-state index is 0.215. The van der Waals surface area contributed by atoms with E-state index in [0.29, 0.717) is 5.52 Å². The van der Waals surface area contributed by atoms with Crippen LogP contribution in [0.1, 0.15) is 43.8 Å². The molecular weight excluding hydrogens is 307 g/mol. The quantitative estimate of drug-likeness (QED) is 0.477. The number of halogens is 2. The molecule has 0 aliphatic carbocycles. The highest BCUT2D eigenvalue weighted by molar-refractivity contribution is 7.98. The van der Waals surface area contributed by atoms with E-state index in [1.165, 1.54) is 31.1 Å². The normalized spacial score (nSPS) is 13.0. The molecule has 0 N–H and O–H groups in total. The van der Waals surface area contributed by atoms with Crippen LogP contribution in [0.15, 0.2) is 18.2 Å². The largest absolute Gasteiger partial charge is 0.327 e. The van der Waals surface area contributed by atoms with E-state index in [1.807, 2.05) is 24.8 Å². The number of aromatic nitrogens is 2. The van der Waals surface area contributed by atoms with Crippen LogP contribution in [0.4, 0.5) is 4.39 Å². The summed E-state index contributed by atoms with van der Waals surface area (Å²) in [5, 5.41) is -0.215. The Morgan fingerprint density at radius 1 is 1.29 bits per heavy atom. The van der Waals surface area contributed by atoms with Gasteiger partial charge in [-0.2, -0.15) is 11.8 Å². The average molecular weight is 329 g/mol. The summed E-state index contributed by atoms with van der Waals surface area (Å²) in [6, 6.07) is 5.10. The van der Waals surface area contributed by atoms with Crippen LogP contribution in [0.3, 0.4) is 0 Å². The fourth-order valence-electron chi connectivity index (χ4n) is 2.54. The molecule has 116 valence electrons. The van der Waals surface area contributed by atoms with E-state index >= 15 is 0 Å². The van der Waals surface area contributed by atoms with Crippen molar-refractivity contribution in [2.75, 3.05) is 12.0 Å². The number of hydrogen-bond donors (Lipinski definition) is 0. The van der Waals surface area contributed by atoms with Crippen LogP contribution in [-0.2, 0) is 6.54 Å². The van der Waals surface area contributed by atoms with E-state index in [9.17, 15) is 4.39 Å². The van der Waals surface area contributed by atoms with Crippen LogP contribution in [0.2, 0.25) is 0 Å². The van der Waals surface area contributed by atoms with Crippen molar-refractivity contribution in [2.45, 2.75) is 44.5 Å². The van der Waals surface area contributed by atoms with Gasteiger partial charge in [-0.3, -0.25) is 0 Å². The predicted molar refractivity (Wildman–Crippen MR) is 90.8 cm³/mol. The highest BCUT2D eigenvalue weighted by Crippen LogP contribution is 2.26. The highest BCUT2D eigenvalue weighted by atomic mass is 35.5. The number of thioether (sulfide) groups is 1. The van der Waals surface area contributed by atoms with Crippen molar-refractivity contribution in [3.63, 3.8) is 0 Å². The van der Waals surface area contributed by atoms with Gasteiger partial charge in [-0.25, -0.2) is 9.37 Å². The van der Waals surface area contributed by atoms with Crippen molar-refractivity contribution < 1.29 is 4.39 Å². The van der Waals surface area contributed by atoms with Gasteiger partial charge in [0.05, 0.1) is 10.9 Å². The van der Waals surface area contributed by atoms with Gasteiger partial charge in [-0.15, -0.1) is 11.6 Å². The van der Waals surface area contributed by atoms with Crippen molar-refractivity contribution >= 4 is 34.4 Å². The Hall–Kier alpha value is -0.740. The van der Waals surface area contributed by atoms with Crippen molar-refractivity contribution in [3.8, 4) is 0 Å². The molecule has 2 nitrogen and oxygen atoms in total. The van der Waals surface area contributed by atoms with Crippen molar-refractivity contribution in [3.05, 3.63) is 29.8 Å². The maximum atomic E-state index is 13.8. The molecule has 2 aromatic rings. The van der Waals surface area contributed by atoms with Gasteiger partial charge in [-0.05, 0) is 43.9 Å². The molecule has 1 unspecified atom stereocenters. The zero-order valence-corrected chi connectivity index (χ0v) is 14.2. The maximum absolute atomic E-state index is 13.8. The monoisotopic (exact) mass is 328 g/mol. The summed E-state index contributed by atoms with van der Waals surface area (Å²) in [5.74, 6) is 1.72. The van der Waals surface area contributed by atoms with Crippen LogP contribution in [-0.4, -0.2) is 21.6 Å². The SMILES string of the molecule is CSCCCCCCn1c(C(C)Cl)nc2c(F)cccc21. The van der Waals surface area contributed by atoms with E-state index in [-0.39, 0.29) is 11.2 Å². The maximum Gasteiger partial charge on any atom is 0.151 e. The zero-order valence-electron chi connectivity index (χ0n) is 12.6. The Morgan fingerprint density at radius 3 is 2.76 bits per heavy atom. The number of alkyl halides is 1. The molecule has 0 aliphatic rings. The molecule has 0 spiro atoms. The molecule has 0 amide bonds. The van der Waals surface area contributed by atoms with E-state index in [2.05, 4.69) is 15.8 Å². The average Bonchev–Trinajstić information content (AvgIpc) is 2.83. The van der Waals surface area contributed by atoms with Gasteiger partial charge in [0.25, 0.3) is 0 Å². The Bertz CT molecular complexity index is 583. The minimum Gasteiger partial charge on any atom is -0.327 e. The fraction of sp³-hybridized carbons (Fsp3) is 0.562. The Morgan fingerprint density at radius 2 is 2.05 bits per heavy atom. The highest BCUT2D eigenvalue weighted by Gasteiger charge is 2.16. The van der Waals surface area contributed by atoms with Crippen molar-refractivity contribution in [2.24, 2.45) is 0 Å². The number of para-hydroxylation sites is 1. The first-order chi connectivity index (χ1) is 10.1. The summed E-state index contributed by atoms with van der Waals surface area (Å²) >= 11 is 8.10. The zero-order chi connectivity index (χ0) is 15.2. The number of hydrogen-bond acceptors (Lipinski definition) is 2. The number of rotatable bonds is 8. The Kier molecular flexibility index (Phi) is 6.37. The second-order valence-corrected chi connectivity index (χ2v) is 6.89. The van der Waals surface area contributed by atoms with Crippen LogP contribution in [0.25, 0.3) is 11.0 Å². The lowest BCUT2D eigenvalue weighted by atomic mass is 10.2. The molecule has 5 heteroatoms. The van der Waals surface area contributed by atoms with Crippen LogP contribution in [0.5, 0.6) is 0 Å². The second-order valence-electron chi connectivity index (χ2n) is 5.25. The van der Waals surface area contributed by atoms with E-state index in [0.717, 1.165) is 24.3 Å².